The van der Waals surface area contributed by atoms with Gasteiger partial charge in [0.2, 0.25) is 0 Å². The number of benzene rings is 2. The van der Waals surface area contributed by atoms with Crippen molar-refractivity contribution in [2.45, 2.75) is 13.5 Å². The molecule has 0 bridgehead atoms. The Kier molecular flexibility index (Phi) is 4.91. The number of aryl methyl sites for hydroxylation is 1. The van der Waals surface area contributed by atoms with Crippen LogP contribution in [0.1, 0.15) is 16.7 Å². The predicted molar refractivity (Wildman–Crippen MR) is 77.8 cm³/mol. The lowest BCUT2D eigenvalue weighted by atomic mass is 10.1. The smallest absolute Gasteiger partial charge is 0.126 e. The molecule has 0 atom stereocenters. The van der Waals surface area contributed by atoms with Crippen LogP contribution >= 0.6 is 0 Å². The summed E-state index contributed by atoms with van der Waals surface area (Å²) in [5.74, 6) is 5.32. The Bertz CT molecular complexity index is 702. The van der Waals surface area contributed by atoms with Crippen LogP contribution in [0, 0.1) is 30.4 Å². The lowest BCUT2D eigenvalue weighted by Gasteiger charge is -2.08. The second kappa shape index (κ2) is 6.87. The molecule has 0 radical (unpaired) electrons. The standard InChI is InChI=1S/C17H15F2NO/c1-12-7-16(4-5-17(12)19)21-11-14-8-13(3-2-6-20)9-15(18)10-14/h4-5,7-10H,6,11,20H2,1H3. The molecule has 108 valence electrons. The highest BCUT2D eigenvalue weighted by Gasteiger charge is 2.03. The molecule has 2 nitrogen and oxygen atoms in total. The Balaban J connectivity index is 2.12. The van der Waals surface area contributed by atoms with E-state index in [0.29, 0.717) is 22.4 Å². The van der Waals surface area contributed by atoms with E-state index in [0.717, 1.165) is 0 Å². The summed E-state index contributed by atoms with van der Waals surface area (Å²) in [5.41, 5.74) is 6.99. The lowest BCUT2D eigenvalue weighted by molar-refractivity contribution is 0.305. The van der Waals surface area contributed by atoms with Crippen molar-refractivity contribution in [2.24, 2.45) is 5.73 Å². The third kappa shape index (κ3) is 4.30. The highest BCUT2D eigenvalue weighted by molar-refractivity contribution is 5.38. The van der Waals surface area contributed by atoms with E-state index >= 15 is 0 Å². The zero-order chi connectivity index (χ0) is 15.2. The molecule has 2 aromatic carbocycles. The Morgan fingerprint density at radius 1 is 1.14 bits per heavy atom. The number of hydrogen-bond donors (Lipinski definition) is 1. The van der Waals surface area contributed by atoms with Crippen LogP contribution in [0.5, 0.6) is 5.75 Å². The highest BCUT2D eigenvalue weighted by atomic mass is 19.1. The summed E-state index contributed by atoms with van der Waals surface area (Å²) in [6.45, 7) is 2.06. The van der Waals surface area contributed by atoms with E-state index < -0.39 is 0 Å². The molecule has 0 aliphatic heterocycles. The highest BCUT2D eigenvalue weighted by Crippen LogP contribution is 2.18. The summed E-state index contributed by atoms with van der Waals surface area (Å²) in [4.78, 5) is 0. The lowest BCUT2D eigenvalue weighted by Crippen LogP contribution is -1.98. The summed E-state index contributed by atoms with van der Waals surface area (Å²) < 4.78 is 32.2. The quantitative estimate of drug-likeness (QED) is 0.880. The van der Waals surface area contributed by atoms with Gasteiger partial charge in [-0.05, 0) is 54.4 Å². The van der Waals surface area contributed by atoms with Gasteiger partial charge in [-0.15, -0.1) is 0 Å². The molecule has 2 aromatic rings. The topological polar surface area (TPSA) is 35.2 Å². The molecule has 0 aliphatic carbocycles. The van der Waals surface area contributed by atoms with Gasteiger partial charge in [0, 0.05) is 5.56 Å². The number of rotatable bonds is 3. The van der Waals surface area contributed by atoms with Crippen molar-refractivity contribution in [3.8, 4) is 17.6 Å². The van der Waals surface area contributed by atoms with Crippen molar-refractivity contribution in [1.82, 2.24) is 0 Å². The maximum absolute atomic E-state index is 13.5. The number of halogens is 2. The van der Waals surface area contributed by atoms with Crippen molar-refractivity contribution >= 4 is 0 Å². The second-order valence-electron chi connectivity index (χ2n) is 4.55. The minimum absolute atomic E-state index is 0.181. The van der Waals surface area contributed by atoms with Crippen LogP contribution in [0.15, 0.2) is 36.4 Å². The maximum Gasteiger partial charge on any atom is 0.126 e. The normalized spacial score (nSPS) is 9.90. The van der Waals surface area contributed by atoms with Crippen LogP contribution in [0.3, 0.4) is 0 Å². The zero-order valence-electron chi connectivity index (χ0n) is 11.6. The second-order valence-corrected chi connectivity index (χ2v) is 4.55. The van der Waals surface area contributed by atoms with Gasteiger partial charge in [-0.3, -0.25) is 0 Å². The number of ether oxygens (including phenoxy) is 1. The molecular formula is C17H15F2NO. The van der Waals surface area contributed by atoms with E-state index in [1.165, 1.54) is 24.3 Å². The van der Waals surface area contributed by atoms with E-state index in [4.69, 9.17) is 10.5 Å². The van der Waals surface area contributed by atoms with Gasteiger partial charge in [-0.25, -0.2) is 8.78 Å². The van der Waals surface area contributed by atoms with Gasteiger partial charge in [0.05, 0.1) is 6.54 Å². The Morgan fingerprint density at radius 2 is 1.95 bits per heavy atom. The summed E-state index contributed by atoms with van der Waals surface area (Å²) in [7, 11) is 0. The first-order valence-electron chi connectivity index (χ1n) is 6.46. The summed E-state index contributed by atoms with van der Waals surface area (Å²) in [5, 5.41) is 0. The van der Waals surface area contributed by atoms with Crippen molar-refractivity contribution in [3.63, 3.8) is 0 Å². The molecule has 0 aromatic heterocycles. The Morgan fingerprint density at radius 3 is 2.67 bits per heavy atom. The SMILES string of the molecule is Cc1cc(OCc2cc(F)cc(C#CCN)c2)ccc1F. The van der Waals surface area contributed by atoms with Crippen molar-refractivity contribution in [1.29, 1.82) is 0 Å². The fourth-order valence-electron chi connectivity index (χ4n) is 1.83. The van der Waals surface area contributed by atoms with Gasteiger partial charge in [0.1, 0.15) is 24.0 Å². The van der Waals surface area contributed by atoms with Gasteiger partial charge in [0.15, 0.2) is 0 Å². The van der Waals surface area contributed by atoms with Crippen LogP contribution in [0.2, 0.25) is 0 Å². The van der Waals surface area contributed by atoms with Gasteiger partial charge in [-0.1, -0.05) is 11.8 Å². The van der Waals surface area contributed by atoms with Gasteiger partial charge in [-0.2, -0.15) is 0 Å². The first-order valence-corrected chi connectivity index (χ1v) is 6.46. The van der Waals surface area contributed by atoms with E-state index in [-0.39, 0.29) is 24.8 Å². The molecule has 0 saturated carbocycles. The van der Waals surface area contributed by atoms with E-state index in [1.807, 2.05) is 0 Å². The first-order chi connectivity index (χ1) is 10.1. The number of nitrogens with two attached hydrogens (primary N) is 1. The summed E-state index contributed by atoms with van der Waals surface area (Å²) in [6.07, 6.45) is 0. The molecule has 0 saturated heterocycles. The monoisotopic (exact) mass is 287 g/mol. The maximum atomic E-state index is 13.5. The van der Waals surface area contributed by atoms with E-state index in [1.54, 1.807) is 19.1 Å². The molecular weight excluding hydrogens is 272 g/mol. The summed E-state index contributed by atoms with van der Waals surface area (Å²) in [6, 6.07) is 8.94. The molecule has 0 fully saturated rings. The molecule has 0 amide bonds. The first kappa shape index (κ1) is 15.0. The average Bonchev–Trinajstić information content (AvgIpc) is 2.46. The fourth-order valence-corrected chi connectivity index (χ4v) is 1.83. The van der Waals surface area contributed by atoms with Crippen LogP contribution in [-0.4, -0.2) is 6.54 Å². The minimum atomic E-state index is -0.382. The molecule has 0 unspecified atom stereocenters. The zero-order valence-corrected chi connectivity index (χ0v) is 11.6. The van der Waals surface area contributed by atoms with Gasteiger partial charge < -0.3 is 10.5 Å². The van der Waals surface area contributed by atoms with E-state index in [9.17, 15) is 8.78 Å². The minimum Gasteiger partial charge on any atom is -0.489 e. The molecule has 4 heteroatoms. The van der Waals surface area contributed by atoms with Crippen molar-refractivity contribution < 1.29 is 13.5 Å². The Hall–Kier alpha value is -2.38. The van der Waals surface area contributed by atoms with Crippen LogP contribution in [-0.2, 0) is 6.61 Å². The van der Waals surface area contributed by atoms with Crippen LogP contribution in [0.4, 0.5) is 8.78 Å². The largest absolute Gasteiger partial charge is 0.489 e. The molecule has 0 heterocycles. The molecule has 0 aliphatic rings. The third-order valence-electron chi connectivity index (χ3n) is 2.83. The fraction of sp³-hybridized carbons (Fsp3) is 0.176. The van der Waals surface area contributed by atoms with Gasteiger partial charge in [0.25, 0.3) is 0 Å². The van der Waals surface area contributed by atoms with Crippen LogP contribution < -0.4 is 10.5 Å². The molecule has 21 heavy (non-hydrogen) atoms. The predicted octanol–water partition coefficient (Wildman–Crippen LogP) is 3.16. The summed E-state index contributed by atoms with van der Waals surface area (Å²) >= 11 is 0. The van der Waals surface area contributed by atoms with Gasteiger partial charge >= 0.3 is 0 Å². The van der Waals surface area contributed by atoms with Crippen LogP contribution in [0.25, 0.3) is 0 Å². The molecule has 0 spiro atoms. The molecule has 2 N–H and O–H groups in total. The Labute approximate surface area is 122 Å². The number of hydrogen-bond acceptors (Lipinski definition) is 2. The molecule has 2 rings (SSSR count). The average molecular weight is 287 g/mol. The van der Waals surface area contributed by atoms with Crippen molar-refractivity contribution in [2.75, 3.05) is 6.54 Å². The van der Waals surface area contributed by atoms with Crippen molar-refractivity contribution in [3.05, 3.63) is 64.7 Å². The third-order valence-corrected chi connectivity index (χ3v) is 2.83. The van der Waals surface area contributed by atoms with E-state index in [2.05, 4.69) is 11.8 Å².